The highest BCUT2D eigenvalue weighted by atomic mass is 19.4. The Kier molecular flexibility index (Phi) is 32.7. The third-order valence-corrected chi connectivity index (χ3v) is 25.9. The molecule has 149 heavy (non-hydrogen) atoms. The molecule has 0 bridgehead atoms. The molecule has 20 aromatic rings. The lowest BCUT2D eigenvalue weighted by Crippen LogP contribution is -2.22. The average Bonchev–Trinajstić information content (AvgIpc) is 1.62. The van der Waals surface area contributed by atoms with Gasteiger partial charge in [-0.1, -0.05) is 55.5 Å². The summed E-state index contributed by atoms with van der Waals surface area (Å²) in [5.41, 5.74) is 23.4. The summed E-state index contributed by atoms with van der Waals surface area (Å²) in [5.74, 6) is 1.12. The lowest BCUT2D eigenvalue weighted by Gasteiger charge is -2.14. The Balaban J connectivity index is 0.000000133. The maximum absolute atomic E-state index is 14.5. The van der Waals surface area contributed by atoms with Crippen molar-refractivity contribution in [1.29, 1.82) is 5.26 Å². The molecule has 760 valence electrons. The number of pyridine rings is 8. The second kappa shape index (κ2) is 46.7. The molecule has 20 rings (SSSR count). The highest BCUT2D eigenvalue weighted by molar-refractivity contribution is 5.93. The van der Waals surface area contributed by atoms with Gasteiger partial charge in [-0.15, -0.1) is 51.0 Å². The van der Waals surface area contributed by atoms with Crippen LogP contribution in [0.15, 0.2) is 251 Å². The summed E-state index contributed by atoms with van der Waals surface area (Å²) in [5, 5.41) is 54.3. The predicted molar refractivity (Wildman–Crippen MR) is 550 cm³/mol. The first-order valence-corrected chi connectivity index (χ1v) is 47.9. The van der Waals surface area contributed by atoms with E-state index in [2.05, 4.69) is 108 Å². The first-order valence-electron chi connectivity index (χ1n) is 47.9. The highest BCUT2D eigenvalue weighted by Crippen LogP contribution is 2.41. The van der Waals surface area contributed by atoms with Crippen molar-refractivity contribution in [3.63, 3.8) is 0 Å². The molecule has 0 aliphatic carbocycles. The molecular weight excluding hydrogens is 1910 g/mol. The number of nitrogens with zero attached hydrogens (tertiary/aromatic N) is 22. The first kappa shape index (κ1) is 104. The van der Waals surface area contributed by atoms with E-state index in [0.29, 0.717) is 143 Å². The molecule has 0 aliphatic rings. The van der Waals surface area contributed by atoms with Crippen molar-refractivity contribution < 1.29 is 63.6 Å². The quantitative estimate of drug-likeness (QED) is 0.0411. The van der Waals surface area contributed by atoms with Gasteiger partial charge in [0.2, 0.25) is 0 Å². The van der Waals surface area contributed by atoms with Crippen LogP contribution in [0, 0.1) is 68.1 Å². The molecule has 0 saturated carbocycles. The van der Waals surface area contributed by atoms with Gasteiger partial charge < -0.3 is 28.6 Å². The molecule has 0 unspecified atom stereocenters. The zero-order valence-corrected chi connectivity index (χ0v) is 84.3. The Bertz CT molecular complexity index is 8290. The van der Waals surface area contributed by atoms with Crippen molar-refractivity contribution in [1.82, 2.24) is 103 Å². The number of ether oxygens (including phenoxy) is 5. The number of methoxy groups -OCH3 is 5. The summed E-state index contributed by atoms with van der Waals surface area (Å²) in [6.45, 7) is 13.4. The maximum atomic E-state index is 14.5. The Labute approximate surface area is 853 Å². The van der Waals surface area contributed by atoms with Crippen LogP contribution in [0.2, 0.25) is 0 Å². The molecule has 14 aromatic heterocycles. The fourth-order valence-electron chi connectivity index (χ4n) is 18.2. The number of hydrogen-bond acceptors (Lipinski definition) is 21. The zero-order valence-electron chi connectivity index (χ0n) is 84.3. The monoisotopic (exact) mass is 2020 g/mol. The first-order chi connectivity index (χ1) is 72.0. The van der Waals surface area contributed by atoms with E-state index in [0.717, 1.165) is 107 Å². The van der Waals surface area contributed by atoms with Crippen LogP contribution < -0.4 is 23.7 Å². The van der Waals surface area contributed by atoms with Crippen molar-refractivity contribution in [2.75, 3.05) is 49.6 Å². The van der Waals surface area contributed by atoms with E-state index in [4.69, 9.17) is 28.9 Å². The highest BCUT2D eigenvalue weighted by Gasteiger charge is 2.39. The number of carbonyl (C=O) groups is 1. The van der Waals surface area contributed by atoms with Crippen LogP contribution in [-0.2, 0) is 76.8 Å². The SMILES string of the molecule is CCc1ccccc1-c1ccc(CCc2c(F)cccc2OC)n2cnnc12.COc1cc(C)cc(F)c1CCc1ccc(-c2cnccc2C)c2nncn12.COc1cccc(F)c1CCc1ccc(-c2cn(C(C)C)nc2C(F)(F)F)c2nncn12.COc1cccc(F)c1CCc1ccc(-c2cnc(C#N)cc2C)c2nncn12.COc1cccc(F)c1CCc1ccc(-c2cnc(C(=O)N(C)C)cc2C)c2nncn12. The Morgan fingerprint density at radius 2 is 0.745 bits per heavy atom. The van der Waals surface area contributed by atoms with E-state index in [1.165, 1.54) is 64.6 Å². The molecule has 0 aliphatic heterocycles. The van der Waals surface area contributed by atoms with Crippen LogP contribution in [0.25, 0.3) is 83.9 Å². The Morgan fingerprint density at radius 1 is 0.389 bits per heavy atom. The van der Waals surface area contributed by atoms with Crippen LogP contribution in [0.3, 0.4) is 0 Å². The topological polar surface area (TPSA) is 298 Å². The third-order valence-electron chi connectivity index (χ3n) is 25.9. The smallest absolute Gasteiger partial charge is 0.435 e. The van der Waals surface area contributed by atoms with Crippen LogP contribution >= 0.6 is 0 Å². The van der Waals surface area contributed by atoms with E-state index >= 15 is 0 Å². The number of nitriles is 1. The van der Waals surface area contributed by atoms with Gasteiger partial charge in [0, 0.05) is 157 Å². The molecule has 0 spiro atoms. The largest absolute Gasteiger partial charge is 0.496 e. The fourth-order valence-corrected chi connectivity index (χ4v) is 18.2. The summed E-state index contributed by atoms with van der Waals surface area (Å²) < 4.78 is 150. The number of aromatic nitrogens is 20. The second-order valence-corrected chi connectivity index (χ2v) is 35.7. The van der Waals surface area contributed by atoms with E-state index in [1.807, 2.05) is 112 Å². The van der Waals surface area contributed by atoms with Gasteiger partial charge >= 0.3 is 6.18 Å². The summed E-state index contributed by atoms with van der Waals surface area (Å²) >= 11 is 0. The summed E-state index contributed by atoms with van der Waals surface area (Å²) in [6, 6.07) is 57.7. The van der Waals surface area contributed by atoms with Crippen molar-refractivity contribution in [3.05, 3.63) is 381 Å². The molecule has 0 saturated heterocycles. The molecule has 0 fully saturated rings. The van der Waals surface area contributed by atoms with Crippen molar-refractivity contribution in [2.24, 2.45) is 0 Å². The zero-order chi connectivity index (χ0) is 105. The van der Waals surface area contributed by atoms with Gasteiger partial charge in [0.1, 0.15) is 107 Å². The lowest BCUT2D eigenvalue weighted by molar-refractivity contribution is -0.141. The summed E-state index contributed by atoms with van der Waals surface area (Å²) in [6.07, 6.45) is 18.1. The van der Waals surface area contributed by atoms with Crippen LogP contribution in [0.5, 0.6) is 28.7 Å². The number of rotatable bonds is 28. The van der Waals surface area contributed by atoms with Gasteiger partial charge in [0.15, 0.2) is 33.9 Å². The van der Waals surface area contributed by atoms with Crippen LogP contribution in [-0.4, -0.2) is 158 Å². The molecule has 0 atom stereocenters. The van der Waals surface area contributed by atoms with E-state index in [-0.39, 0.29) is 57.8 Å². The summed E-state index contributed by atoms with van der Waals surface area (Å²) in [7, 11) is 11.1. The Hall–Kier alpha value is -17.5. The van der Waals surface area contributed by atoms with Crippen molar-refractivity contribution >= 4 is 34.1 Å². The number of aryl methyl sites for hydroxylation is 10. The minimum Gasteiger partial charge on any atom is -0.496 e. The average molecular weight is 2020 g/mol. The molecule has 14 heterocycles. The Morgan fingerprint density at radius 3 is 1.09 bits per heavy atom. The second-order valence-electron chi connectivity index (χ2n) is 35.7. The number of amides is 1. The van der Waals surface area contributed by atoms with Gasteiger partial charge in [-0.2, -0.15) is 23.5 Å². The van der Waals surface area contributed by atoms with Gasteiger partial charge in [-0.05, 0) is 285 Å². The van der Waals surface area contributed by atoms with Gasteiger partial charge in [-0.3, -0.25) is 41.4 Å². The molecule has 28 nitrogen and oxygen atoms in total. The number of halogens is 8. The number of hydrogen-bond donors (Lipinski definition) is 0. The molecule has 0 N–H and O–H groups in total. The standard InChI is InChI=1S/C24H24FN5O2.C23H22FN3O.C22H21F4N5O.C22H18FN5O.C22H21FN4O/c1-15-12-21(24(31)29(2)3)26-13-19(15)17-10-8-16(30-14-27-28-23(17)30)9-11-18-20(25)6-5-7-22(18)32-4;1-3-16-7-4-5-8-18(16)19-13-11-17(27-15-25-26-23(19)27)12-14-20-21(24)9-6-10-22(20)28-2;1-13(2)31-11-17(20(29-31)22(24,25)26)15-9-7-14(30-12-27-28-21(15)30)8-10-16-18(23)5-4-6-19(16)32-3;1-14-10-15(11-24)25-12-19(14)17-8-6-16(28-13-26-27-22(17)28)7-9-18-20(23)4-3-5-21(18)29-2;1-14-10-20(23)18(21(11-14)28-3)7-5-16-4-6-17(22-26-25-13-27(16)22)19-12-24-9-8-15(19)2/h5-8,10,12-14H,9,11H2,1-4H3;4-11,13,15H,3,12,14H2,1-2H3;4-7,9,11-13H,8,10H2,1-3H3;3-6,8,10,12-13H,7,9H2,1-2H3;4,6,8-13H,5,7H2,1-3H3. The number of alkyl halides is 3. The van der Waals surface area contributed by atoms with E-state index in [9.17, 15) is 39.9 Å². The van der Waals surface area contributed by atoms with E-state index < -0.39 is 11.9 Å². The number of carbonyl (C=O) groups excluding carboxylic acids is 1. The number of fused-ring (bicyclic) bond motifs is 5. The fraction of sp³-hybridized carbons (Fsp3) is 0.239. The van der Waals surface area contributed by atoms with Gasteiger partial charge in [-0.25, -0.2) is 26.9 Å². The molecular formula is C113H106F8N22O6. The molecule has 1 amide bonds. The van der Waals surface area contributed by atoms with Gasteiger partial charge in [0.25, 0.3) is 5.91 Å². The predicted octanol–water partition coefficient (Wildman–Crippen LogP) is 22.0. The normalized spacial score (nSPS) is 11.3. The molecule has 6 aromatic carbocycles. The van der Waals surface area contributed by atoms with E-state index in [1.54, 1.807) is 184 Å². The van der Waals surface area contributed by atoms with Crippen LogP contribution in [0.1, 0.15) is 133 Å². The lowest BCUT2D eigenvalue weighted by atomic mass is 9.98. The minimum absolute atomic E-state index is 0.0634. The summed E-state index contributed by atoms with van der Waals surface area (Å²) in [4.78, 5) is 26.5. The molecule has 36 heteroatoms. The number of benzene rings is 6. The molecule has 0 radical (unpaired) electrons. The van der Waals surface area contributed by atoms with Crippen molar-refractivity contribution in [2.45, 2.75) is 131 Å². The third kappa shape index (κ3) is 22.9. The minimum atomic E-state index is -4.62. The van der Waals surface area contributed by atoms with Crippen LogP contribution in [0.4, 0.5) is 35.1 Å². The maximum Gasteiger partial charge on any atom is 0.435 e. The van der Waals surface area contributed by atoms with Gasteiger partial charge in [0.05, 0.1) is 35.5 Å². The van der Waals surface area contributed by atoms with Crippen molar-refractivity contribution in [3.8, 4) is 90.5 Å².